The molecule has 0 aromatic carbocycles. The minimum Gasteiger partial charge on any atom is -0.292 e. The molecule has 1 aromatic rings. The van der Waals surface area contributed by atoms with Crippen LogP contribution in [-0.2, 0) is 6.54 Å². The number of carbonyl (C=O) groups is 1. The van der Waals surface area contributed by atoms with Gasteiger partial charge in [-0.3, -0.25) is 9.48 Å². The molecule has 1 fully saturated rings. The quantitative estimate of drug-likeness (QED) is 0.789. The zero-order valence-corrected chi connectivity index (χ0v) is 11.6. The first-order valence-corrected chi connectivity index (χ1v) is 7.58. The van der Waals surface area contributed by atoms with E-state index in [0.29, 0.717) is 29.6 Å². The van der Waals surface area contributed by atoms with E-state index in [1.165, 1.54) is 11.5 Å². The minimum absolute atomic E-state index is 0.145. The topological polar surface area (TPSA) is 34.9 Å². The molecule has 0 radical (unpaired) electrons. The van der Waals surface area contributed by atoms with Crippen LogP contribution in [0.1, 0.15) is 36.7 Å². The van der Waals surface area contributed by atoms with Crippen molar-refractivity contribution in [2.75, 3.05) is 11.5 Å². The van der Waals surface area contributed by atoms with Gasteiger partial charge >= 0.3 is 0 Å². The van der Waals surface area contributed by atoms with E-state index in [1.807, 2.05) is 18.7 Å². The van der Waals surface area contributed by atoms with Crippen molar-refractivity contribution in [3.8, 4) is 0 Å². The summed E-state index contributed by atoms with van der Waals surface area (Å²) in [6.07, 6.45) is 4.48. The van der Waals surface area contributed by atoms with E-state index in [2.05, 4.69) is 5.10 Å². The van der Waals surface area contributed by atoms with Crippen molar-refractivity contribution < 1.29 is 4.79 Å². The Balaban J connectivity index is 2.05. The summed E-state index contributed by atoms with van der Waals surface area (Å²) < 4.78 is 1.70. The normalized spacial score (nSPS) is 17.3. The van der Waals surface area contributed by atoms with Gasteiger partial charge in [-0.15, -0.1) is 0 Å². The van der Waals surface area contributed by atoms with E-state index < -0.39 is 0 Å². The molecule has 0 atom stereocenters. The summed E-state index contributed by atoms with van der Waals surface area (Å²) in [5, 5.41) is 4.60. The van der Waals surface area contributed by atoms with Crippen molar-refractivity contribution in [1.29, 1.82) is 0 Å². The first-order valence-electron chi connectivity index (χ1n) is 6.04. The average Bonchev–Trinajstić information content (AvgIpc) is 2.71. The van der Waals surface area contributed by atoms with Gasteiger partial charge in [-0.05, 0) is 37.2 Å². The Labute approximate surface area is 111 Å². The van der Waals surface area contributed by atoms with Crippen LogP contribution in [0, 0.1) is 5.92 Å². The Bertz CT molecular complexity index is 399. The van der Waals surface area contributed by atoms with Gasteiger partial charge in [-0.25, -0.2) is 0 Å². The lowest BCUT2D eigenvalue weighted by molar-refractivity contribution is 0.0948. The first-order chi connectivity index (χ1) is 8.22. The number of carbonyl (C=O) groups excluding carboxylic acids is 1. The molecule has 1 aliphatic heterocycles. The third kappa shape index (κ3) is 3.05. The molecule has 17 heavy (non-hydrogen) atoms. The summed E-state index contributed by atoms with van der Waals surface area (Å²) in [4.78, 5) is 12.2. The maximum absolute atomic E-state index is 12.2. The van der Waals surface area contributed by atoms with E-state index in [-0.39, 0.29) is 5.78 Å². The molecule has 0 unspecified atom stereocenters. The second-order valence-electron chi connectivity index (χ2n) is 4.34. The number of ketones is 1. The van der Waals surface area contributed by atoms with Crippen LogP contribution in [0.25, 0.3) is 0 Å². The number of aryl methyl sites for hydroxylation is 1. The van der Waals surface area contributed by atoms with Crippen molar-refractivity contribution in [1.82, 2.24) is 9.78 Å². The summed E-state index contributed by atoms with van der Waals surface area (Å²) >= 11 is 8.01. The lowest BCUT2D eigenvalue weighted by Gasteiger charge is -2.20. The van der Waals surface area contributed by atoms with Crippen LogP contribution < -0.4 is 0 Å². The standard InChI is InChI=1S/C12H17ClN2OS/c1-2-15-12(10(13)8-14-15)11(16)7-9-3-5-17-6-4-9/h8-9H,2-7H2,1H3. The smallest absolute Gasteiger partial charge is 0.182 e. The molecule has 94 valence electrons. The summed E-state index contributed by atoms with van der Waals surface area (Å²) in [6, 6.07) is 0. The van der Waals surface area contributed by atoms with Gasteiger partial charge < -0.3 is 0 Å². The van der Waals surface area contributed by atoms with Gasteiger partial charge in [0.05, 0.1) is 11.2 Å². The van der Waals surface area contributed by atoms with E-state index in [4.69, 9.17) is 11.6 Å². The summed E-state index contributed by atoms with van der Waals surface area (Å²) in [5.74, 6) is 3.03. The van der Waals surface area contributed by atoms with Crippen molar-refractivity contribution in [2.45, 2.75) is 32.7 Å². The molecular formula is C12H17ClN2OS. The molecule has 5 heteroatoms. The van der Waals surface area contributed by atoms with Crippen molar-refractivity contribution in [2.24, 2.45) is 5.92 Å². The Morgan fingerprint density at radius 1 is 1.59 bits per heavy atom. The predicted molar refractivity (Wildman–Crippen MR) is 71.9 cm³/mol. The number of thioether (sulfide) groups is 1. The maximum Gasteiger partial charge on any atom is 0.182 e. The Kier molecular flexibility index (Phi) is 4.51. The van der Waals surface area contributed by atoms with E-state index in [1.54, 1.807) is 10.9 Å². The summed E-state index contributed by atoms with van der Waals surface area (Å²) in [7, 11) is 0. The molecule has 0 N–H and O–H groups in total. The molecule has 1 aromatic heterocycles. The van der Waals surface area contributed by atoms with Crippen LogP contribution in [0.3, 0.4) is 0 Å². The molecule has 1 aliphatic rings. The fraction of sp³-hybridized carbons (Fsp3) is 0.667. The highest BCUT2D eigenvalue weighted by Gasteiger charge is 2.22. The van der Waals surface area contributed by atoms with Crippen molar-refractivity contribution >= 4 is 29.1 Å². The molecule has 0 spiro atoms. The minimum atomic E-state index is 0.145. The number of hydrogen-bond donors (Lipinski definition) is 0. The van der Waals surface area contributed by atoms with Crippen LogP contribution in [0.2, 0.25) is 5.02 Å². The molecule has 2 rings (SSSR count). The van der Waals surface area contributed by atoms with E-state index in [9.17, 15) is 4.79 Å². The summed E-state index contributed by atoms with van der Waals surface area (Å²) in [5.41, 5.74) is 0.590. The first kappa shape index (κ1) is 13.0. The number of aromatic nitrogens is 2. The van der Waals surface area contributed by atoms with Crippen molar-refractivity contribution in [3.05, 3.63) is 16.9 Å². The van der Waals surface area contributed by atoms with Crippen LogP contribution in [0.4, 0.5) is 0 Å². The van der Waals surface area contributed by atoms with E-state index >= 15 is 0 Å². The Morgan fingerprint density at radius 3 is 2.94 bits per heavy atom. The highest BCUT2D eigenvalue weighted by molar-refractivity contribution is 7.99. The Morgan fingerprint density at radius 2 is 2.29 bits per heavy atom. The SMILES string of the molecule is CCn1ncc(Cl)c1C(=O)CC1CCSCC1. The lowest BCUT2D eigenvalue weighted by atomic mass is 9.95. The van der Waals surface area contributed by atoms with Gasteiger partial charge in [0.25, 0.3) is 0 Å². The lowest BCUT2D eigenvalue weighted by Crippen LogP contribution is -2.17. The zero-order chi connectivity index (χ0) is 12.3. The van der Waals surface area contributed by atoms with Gasteiger partial charge in [-0.2, -0.15) is 16.9 Å². The number of rotatable bonds is 4. The zero-order valence-electron chi connectivity index (χ0n) is 9.99. The van der Waals surface area contributed by atoms with Gasteiger partial charge in [-0.1, -0.05) is 11.6 Å². The summed E-state index contributed by atoms with van der Waals surface area (Å²) in [6.45, 7) is 2.66. The fourth-order valence-corrected chi connectivity index (χ4v) is 3.64. The molecule has 0 aliphatic carbocycles. The Hall–Kier alpha value is -0.480. The molecule has 3 nitrogen and oxygen atoms in total. The predicted octanol–water partition coefficient (Wildman–Crippen LogP) is 3.27. The monoisotopic (exact) mass is 272 g/mol. The highest BCUT2D eigenvalue weighted by Crippen LogP contribution is 2.27. The number of hydrogen-bond acceptors (Lipinski definition) is 3. The van der Waals surface area contributed by atoms with Crippen molar-refractivity contribution in [3.63, 3.8) is 0 Å². The molecule has 0 bridgehead atoms. The second-order valence-corrected chi connectivity index (χ2v) is 5.97. The molecule has 2 heterocycles. The van der Waals surface area contributed by atoms with E-state index in [0.717, 1.165) is 12.8 Å². The second kappa shape index (κ2) is 5.91. The van der Waals surface area contributed by atoms with Gasteiger partial charge in [0.2, 0.25) is 0 Å². The number of halogens is 1. The van der Waals surface area contributed by atoms with Crippen LogP contribution in [0.5, 0.6) is 0 Å². The maximum atomic E-state index is 12.2. The largest absolute Gasteiger partial charge is 0.292 e. The third-order valence-electron chi connectivity index (χ3n) is 3.17. The van der Waals surface area contributed by atoms with Gasteiger partial charge in [0.1, 0.15) is 5.69 Å². The molecule has 0 amide bonds. The van der Waals surface area contributed by atoms with Crippen LogP contribution >= 0.6 is 23.4 Å². The highest BCUT2D eigenvalue weighted by atomic mass is 35.5. The van der Waals surface area contributed by atoms with Gasteiger partial charge in [0.15, 0.2) is 5.78 Å². The average molecular weight is 273 g/mol. The van der Waals surface area contributed by atoms with Crippen LogP contribution in [0.15, 0.2) is 6.20 Å². The molecule has 1 saturated heterocycles. The third-order valence-corrected chi connectivity index (χ3v) is 4.50. The fourth-order valence-electron chi connectivity index (χ4n) is 2.19. The number of nitrogens with zero attached hydrogens (tertiary/aromatic N) is 2. The molecule has 0 saturated carbocycles. The number of Topliss-reactive ketones (excluding diaryl/α,β-unsaturated/α-hetero) is 1. The molecular weight excluding hydrogens is 256 g/mol. The van der Waals surface area contributed by atoms with Gasteiger partial charge in [0, 0.05) is 13.0 Å². The van der Waals surface area contributed by atoms with Crippen LogP contribution in [-0.4, -0.2) is 27.1 Å².